The van der Waals surface area contributed by atoms with Gasteiger partial charge in [-0.25, -0.2) is 0 Å². The summed E-state index contributed by atoms with van der Waals surface area (Å²) in [6.45, 7) is 1.41. The van der Waals surface area contributed by atoms with E-state index in [1.807, 2.05) is 13.2 Å². The normalized spacial score (nSPS) is 12.8. The molecule has 1 heterocycles. The highest BCUT2D eigenvalue weighted by Gasteiger charge is 2.03. The minimum absolute atomic E-state index is 0.138. The second-order valence-corrected chi connectivity index (χ2v) is 3.21. The molecule has 0 aliphatic rings. The molecule has 0 aromatic carbocycles. The summed E-state index contributed by atoms with van der Waals surface area (Å²) in [5.74, 6) is 0. The summed E-state index contributed by atoms with van der Waals surface area (Å²) in [4.78, 5) is 0. The highest BCUT2D eigenvalue weighted by molar-refractivity contribution is 5.37. The predicted molar refractivity (Wildman–Crippen MR) is 56.2 cm³/mol. The minimum atomic E-state index is 0.138. The van der Waals surface area contributed by atoms with E-state index in [1.165, 1.54) is 0 Å². The summed E-state index contributed by atoms with van der Waals surface area (Å²) in [6, 6.07) is 0. The third-order valence-corrected chi connectivity index (χ3v) is 2.10. The van der Waals surface area contributed by atoms with Crippen molar-refractivity contribution in [3.05, 3.63) is 12.4 Å². The van der Waals surface area contributed by atoms with Crippen LogP contribution >= 0.6 is 0 Å². The molecule has 0 saturated carbocycles. The standard InChI is InChI=1S/C9H18N4O/c1-13-7-8(6-12-13)11-4-3-9(5-10)14-2/h6-7,9,11H,3-5,10H2,1-2H3. The zero-order chi connectivity index (χ0) is 10.4. The van der Waals surface area contributed by atoms with E-state index in [4.69, 9.17) is 10.5 Å². The minimum Gasteiger partial charge on any atom is -0.382 e. The van der Waals surface area contributed by atoms with E-state index in [-0.39, 0.29) is 6.10 Å². The Kier molecular flexibility index (Phi) is 4.42. The number of nitrogens with zero attached hydrogens (tertiary/aromatic N) is 2. The van der Waals surface area contributed by atoms with Crippen molar-refractivity contribution in [2.75, 3.05) is 25.5 Å². The molecule has 0 spiro atoms. The highest BCUT2D eigenvalue weighted by Crippen LogP contribution is 2.04. The molecule has 14 heavy (non-hydrogen) atoms. The van der Waals surface area contributed by atoms with Crippen LogP contribution in [0.1, 0.15) is 6.42 Å². The van der Waals surface area contributed by atoms with Gasteiger partial charge in [0.05, 0.1) is 18.0 Å². The zero-order valence-electron chi connectivity index (χ0n) is 8.73. The number of anilines is 1. The lowest BCUT2D eigenvalue weighted by Crippen LogP contribution is -2.24. The van der Waals surface area contributed by atoms with Crippen LogP contribution in [0.15, 0.2) is 12.4 Å². The Morgan fingerprint density at radius 1 is 1.71 bits per heavy atom. The van der Waals surface area contributed by atoms with Crippen LogP contribution in [0.4, 0.5) is 5.69 Å². The van der Waals surface area contributed by atoms with E-state index in [9.17, 15) is 0 Å². The van der Waals surface area contributed by atoms with E-state index < -0.39 is 0 Å². The summed E-state index contributed by atoms with van der Waals surface area (Å²) >= 11 is 0. The topological polar surface area (TPSA) is 65.1 Å². The Morgan fingerprint density at radius 2 is 2.50 bits per heavy atom. The molecular weight excluding hydrogens is 180 g/mol. The van der Waals surface area contributed by atoms with E-state index >= 15 is 0 Å². The van der Waals surface area contributed by atoms with Crippen molar-refractivity contribution in [1.29, 1.82) is 0 Å². The molecular formula is C9H18N4O. The van der Waals surface area contributed by atoms with Gasteiger partial charge >= 0.3 is 0 Å². The van der Waals surface area contributed by atoms with Gasteiger partial charge in [-0.15, -0.1) is 0 Å². The van der Waals surface area contributed by atoms with Crippen molar-refractivity contribution < 1.29 is 4.74 Å². The maximum Gasteiger partial charge on any atom is 0.0726 e. The lowest BCUT2D eigenvalue weighted by molar-refractivity contribution is 0.105. The Labute approximate surface area is 84.2 Å². The van der Waals surface area contributed by atoms with Gasteiger partial charge in [0.2, 0.25) is 0 Å². The van der Waals surface area contributed by atoms with Crippen LogP contribution in [-0.2, 0) is 11.8 Å². The molecule has 1 aromatic rings. The van der Waals surface area contributed by atoms with Gasteiger partial charge in [0.25, 0.3) is 0 Å². The van der Waals surface area contributed by atoms with E-state index in [2.05, 4.69) is 10.4 Å². The molecule has 0 bridgehead atoms. The molecule has 0 fully saturated rings. The van der Waals surface area contributed by atoms with Gasteiger partial charge < -0.3 is 15.8 Å². The molecule has 0 saturated heterocycles. The molecule has 1 aromatic heterocycles. The summed E-state index contributed by atoms with van der Waals surface area (Å²) < 4.78 is 6.92. The van der Waals surface area contributed by atoms with Crippen LogP contribution in [0.5, 0.6) is 0 Å². The van der Waals surface area contributed by atoms with Gasteiger partial charge in [-0.3, -0.25) is 4.68 Å². The van der Waals surface area contributed by atoms with Crippen LogP contribution in [0.2, 0.25) is 0 Å². The van der Waals surface area contributed by atoms with Crippen molar-refractivity contribution >= 4 is 5.69 Å². The summed E-state index contributed by atoms with van der Waals surface area (Å²) in [5, 5.41) is 7.30. The SMILES string of the molecule is COC(CN)CCNc1cnn(C)c1. The first-order valence-electron chi connectivity index (χ1n) is 4.71. The maximum absolute atomic E-state index is 5.50. The number of hydrogen-bond donors (Lipinski definition) is 2. The van der Waals surface area contributed by atoms with Crippen LogP contribution in [-0.4, -0.2) is 36.1 Å². The van der Waals surface area contributed by atoms with Gasteiger partial charge in [-0.1, -0.05) is 0 Å². The Morgan fingerprint density at radius 3 is 3.00 bits per heavy atom. The fourth-order valence-corrected chi connectivity index (χ4v) is 1.22. The number of ether oxygens (including phenoxy) is 1. The van der Waals surface area contributed by atoms with Crippen LogP contribution < -0.4 is 11.1 Å². The average Bonchev–Trinajstić information content (AvgIpc) is 2.59. The number of aromatic nitrogens is 2. The van der Waals surface area contributed by atoms with E-state index in [0.717, 1.165) is 18.7 Å². The van der Waals surface area contributed by atoms with Crippen LogP contribution in [0.25, 0.3) is 0 Å². The second kappa shape index (κ2) is 5.62. The van der Waals surface area contributed by atoms with Crippen molar-refractivity contribution in [1.82, 2.24) is 9.78 Å². The molecule has 5 nitrogen and oxygen atoms in total. The molecule has 1 atom stereocenters. The fraction of sp³-hybridized carbons (Fsp3) is 0.667. The molecule has 0 aliphatic heterocycles. The zero-order valence-corrected chi connectivity index (χ0v) is 8.73. The number of nitrogens with two attached hydrogens (primary N) is 1. The van der Waals surface area contributed by atoms with Crippen LogP contribution in [0, 0.1) is 0 Å². The predicted octanol–water partition coefficient (Wildman–Crippen LogP) is 0.196. The molecule has 80 valence electrons. The third-order valence-electron chi connectivity index (χ3n) is 2.10. The molecule has 0 amide bonds. The highest BCUT2D eigenvalue weighted by atomic mass is 16.5. The first kappa shape index (κ1) is 11.0. The quantitative estimate of drug-likeness (QED) is 0.685. The van der Waals surface area contributed by atoms with Gasteiger partial charge in [0.15, 0.2) is 0 Å². The first-order chi connectivity index (χ1) is 6.76. The Balaban J connectivity index is 2.21. The molecule has 1 rings (SSSR count). The molecule has 1 unspecified atom stereocenters. The largest absolute Gasteiger partial charge is 0.382 e. The molecule has 3 N–H and O–H groups in total. The van der Waals surface area contributed by atoms with Crippen LogP contribution in [0.3, 0.4) is 0 Å². The number of rotatable bonds is 6. The molecule has 0 aliphatic carbocycles. The monoisotopic (exact) mass is 198 g/mol. The number of hydrogen-bond acceptors (Lipinski definition) is 4. The molecule has 5 heteroatoms. The summed E-state index contributed by atoms with van der Waals surface area (Å²) in [7, 11) is 3.57. The third kappa shape index (κ3) is 3.35. The molecule has 0 radical (unpaired) electrons. The number of aryl methyl sites for hydroxylation is 1. The van der Waals surface area contributed by atoms with E-state index in [1.54, 1.807) is 18.0 Å². The van der Waals surface area contributed by atoms with E-state index in [0.29, 0.717) is 6.54 Å². The van der Waals surface area contributed by atoms with Gasteiger partial charge in [0.1, 0.15) is 0 Å². The fourth-order valence-electron chi connectivity index (χ4n) is 1.22. The van der Waals surface area contributed by atoms with Crippen molar-refractivity contribution in [2.24, 2.45) is 12.8 Å². The lowest BCUT2D eigenvalue weighted by Gasteiger charge is -2.12. The van der Waals surface area contributed by atoms with Gasteiger partial charge in [-0.05, 0) is 6.42 Å². The number of nitrogens with one attached hydrogen (secondary N) is 1. The maximum atomic E-state index is 5.50. The Hall–Kier alpha value is -1.07. The summed E-state index contributed by atoms with van der Waals surface area (Å²) in [5.41, 5.74) is 6.52. The Bertz CT molecular complexity index is 257. The lowest BCUT2D eigenvalue weighted by atomic mass is 10.2. The van der Waals surface area contributed by atoms with Crippen molar-refractivity contribution in [2.45, 2.75) is 12.5 Å². The summed E-state index contributed by atoms with van der Waals surface area (Å²) in [6.07, 6.45) is 4.77. The first-order valence-corrected chi connectivity index (χ1v) is 4.71. The second-order valence-electron chi connectivity index (χ2n) is 3.21. The van der Waals surface area contributed by atoms with Crippen molar-refractivity contribution in [3.8, 4) is 0 Å². The average molecular weight is 198 g/mol. The number of methoxy groups -OCH3 is 1. The van der Waals surface area contributed by atoms with Gasteiger partial charge in [-0.2, -0.15) is 5.10 Å². The van der Waals surface area contributed by atoms with Gasteiger partial charge in [0, 0.05) is 33.4 Å². The smallest absolute Gasteiger partial charge is 0.0726 e. The van der Waals surface area contributed by atoms with Crippen molar-refractivity contribution in [3.63, 3.8) is 0 Å².